The highest BCUT2D eigenvalue weighted by molar-refractivity contribution is 5.84. The lowest BCUT2D eigenvalue weighted by Crippen LogP contribution is -2.47. The summed E-state index contributed by atoms with van der Waals surface area (Å²) in [5.41, 5.74) is -0.749. The predicted molar refractivity (Wildman–Crippen MR) is 68.8 cm³/mol. The number of aliphatic hydroxyl groups excluding tert-OH is 1. The number of carbonyl (C=O) groups is 1. The summed E-state index contributed by atoms with van der Waals surface area (Å²) in [5, 5.41) is 12.5. The van der Waals surface area contributed by atoms with Crippen LogP contribution in [0.25, 0.3) is 0 Å². The van der Waals surface area contributed by atoms with Gasteiger partial charge in [-0.25, -0.2) is 0 Å². The van der Waals surface area contributed by atoms with E-state index in [-0.39, 0.29) is 17.9 Å². The number of rotatable bonds is 6. The Balaban J connectivity index is 4.16. The van der Waals surface area contributed by atoms with Crippen LogP contribution in [-0.4, -0.2) is 36.4 Å². The molecule has 0 bridgehead atoms. The maximum absolute atomic E-state index is 11.8. The van der Waals surface area contributed by atoms with Gasteiger partial charge in [-0.3, -0.25) is 4.79 Å². The first-order chi connectivity index (χ1) is 7.64. The van der Waals surface area contributed by atoms with Crippen LogP contribution < -0.4 is 5.32 Å². The molecule has 2 atom stereocenters. The van der Waals surface area contributed by atoms with E-state index in [0.29, 0.717) is 12.8 Å². The summed E-state index contributed by atoms with van der Waals surface area (Å²) in [6, 6.07) is 0. The highest BCUT2D eigenvalue weighted by atomic mass is 16.5. The van der Waals surface area contributed by atoms with E-state index in [0.717, 1.165) is 0 Å². The molecule has 1 amide bonds. The Kier molecular flexibility index (Phi) is 6.13. The molecule has 0 aliphatic carbocycles. The van der Waals surface area contributed by atoms with E-state index in [1.807, 2.05) is 6.92 Å². The van der Waals surface area contributed by atoms with E-state index in [4.69, 9.17) is 4.74 Å². The van der Waals surface area contributed by atoms with Crippen molar-refractivity contribution < 1.29 is 14.6 Å². The van der Waals surface area contributed by atoms with Crippen LogP contribution in [0, 0.1) is 5.41 Å². The van der Waals surface area contributed by atoms with E-state index >= 15 is 0 Å². The summed E-state index contributed by atoms with van der Waals surface area (Å²) >= 11 is 0. The monoisotopic (exact) mass is 245 g/mol. The van der Waals surface area contributed by atoms with Crippen LogP contribution in [0.4, 0.5) is 0 Å². The summed E-state index contributed by atoms with van der Waals surface area (Å²) in [5.74, 6) is -0.171. The first-order valence-electron chi connectivity index (χ1n) is 6.16. The topological polar surface area (TPSA) is 58.6 Å². The first-order valence-corrected chi connectivity index (χ1v) is 6.16. The molecule has 4 nitrogen and oxygen atoms in total. The molecule has 0 saturated carbocycles. The molecule has 0 aromatic heterocycles. The highest BCUT2D eigenvalue weighted by Gasteiger charge is 2.31. The van der Waals surface area contributed by atoms with Gasteiger partial charge in [0.2, 0.25) is 0 Å². The Morgan fingerprint density at radius 3 is 2.24 bits per heavy atom. The normalized spacial score (nSPS) is 17.4. The van der Waals surface area contributed by atoms with Crippen molar-refractivity contribution in [2.45, 2.75) is 59.2 Å². The maximum Gasteiger partial charge on any atom is 0.252 e. The third-order valence-corrected chi connectivity index (χ3v) is 2.95. The van der Waals surface area contributed by atoms with Crippen molar-refractivity contribution in [1.29, 1.82) is 0 Å². The summed E-state index contributed by atoms with van der Waals surface area (Å²) < 4.78 is 5.19. The van der Waals surface area contributed by atoms with Gasteiger partial charge in [-0.05, 0) is 25.2 Å². The lowest BCUT2D eigenvalue weighted by molar-refractivity contribution is -0.142. The van der Waals surface area contributed by atoms with Gasteiger partial charge in [0, 0.05) is 13.7 Å². The molecule has 102 valence electrons. The smallest absolute Gasteiger partial charge is 0.252 e. The fourth-order valence-electron chi connectivity index (χ4n) is 1.57. The Morgan fingerprint density at radius 1 is 1.35 bits per heavy atom. The van der Waals surface area contributed by atoms with Crippen LogP contribution in [0.15, 0.2) is 0 Å². The van der Waals surface area contributed by atoms with Crippen LogP contribution in [0.5, 0.6) is 0 Å². The number of methoxy groups -OCH3 is 1. The lowest BCUT2D eigenvalue weighted by atomic mass is 9.89. The van der Waals surface area contributed by atoms with E-state index in [1.165, 1.54) is 7.11 Å². The summed E-state index contributed by atoms with van der Waals surface area (Å²) in [6.07, 6.45) is 0.741. The van der Waals surface area contributed by atoms with E-state index in [1.54, 1.807) is 6.92 Å². The van der Waals surface area contributed by atoms with Crippen molar-refractivity contribution in [2.75, 3.05) is 13.7 Å². The molecule has 0 fully saturated rings. The maximum atomic E-state index is 11.8. The molecule has 4 heteroatoms. The molecule has 0 aromatic rings. The second-order valence-electron chi connectivity index (χ2n) is 5.92. The van der Waals surface area contributed by atoms with E-state index in [9.17, 15) is 9.90 Å². The summed E-state index contributed by atoms with van der Waals surface area (Å²) in [4.78, 5) is 11.8. The standard InChI is InChI=1S/C13H27NO3/c1-7-13(5,17-6)11(16)14-9-10(15)8-12(2,3)4/h10,15H,7-9H2,1-6H3,(H,14,16). The van der Waals surface area contributed by atoms with Gasteiger partial charge in [-0.1, -0.05) is 27.7 Å². The number of hydrogen-bond donors (Lipinski definition) is 2. The molecule has 2 unspecified atom stereocenters. The Hall–Kier alpha value is -0.610. The number of ether oxygens (including phenoxy) is 1. The minimum absolute atomic E-state index is 0.0550. The zero-order valence-corrected chi connectivity index (χ0v) is 12.0. The second-order valence-corrected chi connectivity index (χ2v) is 5.92. The van der Waals surface area contributed by atoms with Crippen LogP contribution >= 0.6 is 0 Å². The molecular weight excluding hydrogens is 218 g/mol. The Morgan fingerprint density at radius 2 is 1.88 bits per heavy atom. The van der Waals surface area contributed by atoms with Crippen LogP contribution in [0.3, 0.4) is 0 Å². The SMILES string of the molecule is CCC(C)(OC)C(=O)NCC(O)CC(C)(C)C. The van der Waals surface area contributed by atoms with Gasteiger partial charge in [0.1, 0.15) is 5.60 Å². The average molecular weight is 245 g/mol. The van der Waals surface area contributed by atoms with Crippen molar-refractivity contribution >= 4 is 5.91 Å². The summed E-state index contributed by atoms with van der Waals surface area (Å²) in [7, 11) is 1.52. The van der Waals surface area contributed by atoms with Gasteiger partial charge in [-0.15, -0.1) is 0 Å². The van der Waals surface area contributed by atoms with Gasteiger partial charge in [0.25, 0.3) is 5.91 Å². The average Bonchev–Trinajstić information content (AvgIpc) is 2.22. The predicted octanol–water partition coefficient (Wildman–Crippen LogP) is 1.71. The Labute approximate surface area is 105 Å². The molecule has 0 aromatic carbocycles. The molecule has 0 rings (SSSR count). The zero-order chi connectivity index (χ0) is 13.7. The highest BCUT2D eigenvalue weighted by Crippen LogP contribution is 2.20. The van der Waals surface area contributed by atoms with Gasteiger partial charge >= 0.3 is 0 Å². The molecule has 0 radical (unpaired) electrons. The minimum Gasteiger partial charge on any atom is -0.391 e. The number of aliphatic hydroxyl groups is 1. The third kappa shape index (κ3) is 6.03. The van der Waals surface area contributed by atoms with Crippen molar-refractivity contribution in [3.8, 4) is 0 Å². The van der Waals surface area contributed by atoms with Crippen LogP contribution in [0.2, 0.25) is 0 Å². The molecule has 2 N–H and O–H groups in total. The number of carbonyl (C=O) groups excluding carboxylic acids is 1. The molecule has 0 spiro atoms. The van der Waals surface area contributed by atoms with Crippen LogP contribution in [-0.2, 0) is 9.53 Å². The van der Waals surface area contributed by atoms with E-state index < -0.39 is 11.7 Å². The molecule has 0 aliphatic heterocycles. The molecular formula is C13H27NO3. The first kappa shape index (κ1) is 16.4. The molecule has 0 saturated heterocycles. The summed E-state index contributed by atoms with van der Waals surface area (Å²) in [6.45, 7) is 10.1. The van der Waals surface area contributed by atoms with Gasteiger partial charge in [0.15, 0.2) is 0 Å². The third-order valence-electron chi connectivity index (χ3n) is 2.95. The van der Waals surface area contributed by atoms with Crippen molar-refractivity contribution in [3.63, 3.8) is 0 Å². The zero-order valence-electron chi connectivity index (χ0n) is 12.0. The second kappa shape index (κ2) is 6.36. The van der Waals surface area contributed by atoms with Crippen molar-refractivity contribution in [1.82, 2.24) is 5.32 Å². The molecule has 0 heterocycles. The minimum atomic E-state index is -0.804. The fraction of sp³-hybridized carbons (Fsp3) is 0.923. The largest absolute Gasteiger partial charge is 0.391 e. The van der Waals surface area contributed by atoms with Gasteiger partial charge in [-0.2, -0.15) is 0 Å². The van der Waals surface area contributed by atoms with Gasteiger partial charge < -0.3 is 15.2 Å². The van der Waals surface area contributed by atoms with Crippen molar-refractivity contribution in [2.24, 2.45) is 5.41 Å². The Bertz CT molecular complexity index is 242. The number of hydrogen-bond acceptors (Lipinski definition) is 3. The fourth-order valence-corrected chi connectivity index (χ4v) is 1.57. The van der Waals surface area contributed by atoms with Gasteiger partial charge in [0.05, 0.1) is 6.10 Å². The quantitative estimate of drug-likeness (QED) is 0.749. The molecule has 17 heavy (non-hydrogen) atoms. The number of nitrogens with one attached hydrogen (secondary N) is 1. The van der Waals surface area contributed by atoms with E-state index in [2.05, 4.69) is 26.1 Å². The number of amides is 1. The lowest BCUT2D eigenvalue weighted by Gasteiger charge is -2.27. The van der Waals surface area contributed by atoms with Crippen molar-refractivity contribution in [3.05, 3.63) is 0 Å². The molecule has 0 aliphatic rings. The van der Waals surface area contributed by atoms with Crippen LogP contribution in [0.1, 0.15) is 47.5 Å².